The first-order chi connectivity index (χ1) is 13.4. The lowest BCUT2D eigenvalue weighted by Gasteiger charge is -2.41. The van der Waals surface area contributed by atoms with Crippen LogP contribution in [0.2, 0.25) is 0 Å². The number of fused-ring (bicyclic) bond motifs is 12. The number of cyclic esters (lactones) is 4. The third-order valence-electron chi connectivity index (χ3n) is 9.85. The summed E-state index contributed by atoms with van der Waals surface area (Å²) in [7, 11) is 0. The molecule has 2 heterocycles. The van der Waals surface area contributed by atoms with Crippen LogP contribution in [0, 0.1) is 58.2 Å². The Morgan fingerprint density at radius 3 is 1.43 bits per heavy atom. The van der Waals surface area contributed by atoms with Crippen molar-refractivity contribution in [3.63, 3.8) is 0 Å². The first-order valence-corrected chi connectivity index (χ1v) is 10.4. The molecular formula is C21H20O7. The van der Waals surface area contributed by atoms with Crippen molar-refractivity contribution in [2.24, 2.45) is 58.2 Å². The van der Waals surface area contributed by atoms with Crippen LogP contribution in [0.5, 0.6) is 0 Å². The molecule has 9 unspecified atom stereocenters. The topological polar surface area (TPSA) is 104 Å². The van der Waals surface area contributed by atoms with Gasteiger partial charge < -0.3 is 9.47 Å². The number of rotatable bonds is 0. The molecule has 5 saturated carbocycles. The molecule has 146 valence electrons. The first kappa shape index (κ1) is 15.8. The second-order valence-electron chi connectivity index (χ2n) is 10.3. The standard InChI is InChI=1S/C21H20O7/c22-15-11-7-3-9(13(11)17(24)27-15)20(5-7)1-2-21(19(20)26)6-8-4-10(21)14-12(8)16(23)28-18(14)25/h7-14H,1-6H2/t7?,8?,9?,10?,11-,12?,13?,14?,20?,21?/m1/s1. The van der Waals surface area contributed by atoms with Crippen molar-refractivity contribution in [2.75, 3.05) is 0 Å². The van der Waals surface area contributed by atoms with E-state index in [9.17, 15) is 24.0 Å². The molecule has 0 aromatic heterocycles. The van der Waals surface area contributed by atoms with Crippen LogP contribution < -0.4 is 0 Å². The minimum absolute atomic E-state index is 0.0532. The summed E-state index contributed by atoms with van der Waals surface area (Å²) in [6.45, 7) is 0. The Kier molecular flexibility index (Phi) is 2.49. The zero-order valence-electron chi connectivity index (χ0n) is 15.2. The van der Waals surface area contributed by atoms with E-state index in [1.54, 1.807) is 0 Å². The molecule has 0 aromatic rings. The normalized spacial score (nSPS) is 57.6. The van der Waals surface area contributed by atoms with Crippen molar-refractivity contribution in [3.8, 4) is 0 Å². The first-order valence-electron chi connectivity index (χ1n) is 10.4. The van der Waals surface area contributed by atoms with E-state index in [0.717, 1.165) is 25.7 Å². The number of hydrogen-bond acceptors (Lipinski definition) is 7. The maximum absolute atomic E-state index is 14.0. The molecule has 0 aromatic carbocycles. The van der Waals surface area contributed by atoms with Crippen LogP contribution in [0.1, 0.15) is 38.5 Å². The van der Waals surface area contributed by atoms with Crippen molar-refractivity contribution in [3.05, 3.63) is 0 Å². The van der Waals surface area contributed by atoms with E-state index in [2.05, 4.69) is 0 Å². The van der Waals surface area contributed by atoms with Crippen LogP contribution >= 0.6 is 0 Å². The Morgan fingerprint density at radius 2 is 1.00 bits per heavy atom. The van der Waals surface area contributed by atoms with Gasteiger partial charge >= 0.3 is 23.9 Å². The van der Waals surface area contributed by atoms with Gasteiger partial charge in [-0.15, -0.1) is 0 Å². The second-order valence-corrected chi connectivity index (χ2v) is 10.3. The second kappa shape index (κ2) is 4.41. The van der Waals surface area contributed by atoms with Gasteiger partial charge in [-0.3, -0.25) is 24.0 Å². The smallest absolute Gasteiger partial charge is 0.317 e. The van der Waals surface area contributed by atoms with Crippen LogP contribution in [-0.4, -0.2) is 29.7 Å². The summed E-state index contributed by atoms with van der Waals surface area (Å²) < 4.78 is 9.82. The van der Waals surface area contributed by atoms with E-state index in [0.29, 0.717) is 12.8 Å². The Hall–Kier alpha value is -2.05. The Bertz CT molecular complexity index is 850. The highest BCUT2D eigenvalue weighted by Gasteiger charge is 2.78. The quantitative estimate of drug-likeness (QED) is 0.454. The molecule has 5 aliphatic carbocycles. The molecule has 28 heavy (non-hydrogen) atoms. The van der Waals surface area contributed by atoms with Gasteiger partial charge in [-0.1, -0.05) is 0 Å². The SMILES string of the molecule is O=C1OC(=O)C2C1C1CC2C2(CCC3(CC4CC3C3C(=O)OC(=O)[C@H]43)C2=O)C1. The van der Waals surface area contributed by atoms with E-state index in [1.165, 1.54) is 0 Å². The van der Waals surface area contributed by atoms with Crippen molar-refractivity contribution in [2.45, 2.75) is 38.5 Å². The van der Waals surface area contributed by atoms with Gasteiger partial charge in [0.05, 0.1) is 23.7 Å². The van der Waals surface area contributed by atoms with Gasteiger partial charge in [0.1, 0.15) is 5.78 Å². The van der Waals surface area contributed by atoms with Gasteiger partial charge in [0.15, 0.2) is 0 Å². The van der Waals surface area contributed by atoms with Gasteiger partial charge in [-0.05, 0) is 62.2 Å². The van der Waals surface area contributed by atoms with Gasteiger partial charge in [-0.2, -0.15) is 0 Å². The zero-order valence-corrected chi connectivity index (χ0v) is 15.2. The molecule has 7 aliphatic rings. The Morgan fingerprint density at radius 1 is 0.607 bits per heavy atom. The van der Waals surface area contributed by atoms with E-state index < -0.39 is 46.5 Å². The molecule has 7 nitrogen and oxygen atoms in total. The van der Waals surface area contributed by atoms with Crippen molar-refractivity contribution in [1.82, 2.24) is 0 Å². The van der Waals surface area contributed by atoms with E-state index in [1.807, 2.05) is 0 Å². The van der Waals surface area contributed by atoms with Crippen molar-refractivity contribution in [1.29, 1.82) is 0 Å². The number of carbonyl (C=O) groups is 5. The average molecular weight is 384 g/mol. The lowest BCUT2D eigenvalue weighted by molar-refractivity contribution is -0.156. The van der Waals surface area contributed by atoms with Gasteiger partial charge in [0.2, 0.25) is 0 Å². The number of ether oxygens (including phenoxy) is 2. The molecule has 0 amide bonds. The van der Waals surface area contributed by atoms with Crippen LogP contribution in [0.15, 0.2) is 0 Å². The van der Waals surface area contributed by atoms with E-state index in [4.69, 9.17) is 9.47 Å². The minimum Gasteiger partial charge on any atom is -0.393 e. The number of Topliss-reactive ketones (excluding diaryl/α,β-unsaturated/α-hetero) is 1. The molecule has 2 aliphatic heterocycles. The molecule has 10 atom stereocenters. The summed E-state index contributed by atoms with van der Waals surface area (Å²) in [5, 5.41) is 0. The summed E-state index contributed by atoms with van der Waals surface area (Å²) in [4.78, 5) is 62.8. The molecule has 7 rings (SSSR count). The molecule has 4 bridgehead atoms. The van der Waals surface area contributed by atoms with Crippen LogP contribution in [-0.2, 0) is 33.4 Å². The van der Waals surface area contributed by atoms with Crippen molar-refractivity contribution >= 4 is 29.7 Å². The molecule has 2 spiro atoms. The lowest BCUT2D eigenvalue weighted by atomic mass is 9.58. The highest BCUT2D eigenvalue weighted by atomic mass is 16.6. The maximum atomic E-state index is 14.0. The minimum atomic E-state index is -0.554. The van der Waals surface area contributed by atoms with Crippen LogP contribution in [0.4, 0.5) is 0 Å². The fourth-order valence-electron chi connectivity index (χ4n) is 9.16. The average Bonchev–Trinajstić information content (AvgIpc) is 3.46. The highest BCUT2D eigenvalue weighted by Crippen LogP contribution is 2.75. The third kappa shape index (κ3) is 1.40. The number of esters is 4. The lowest BCUT2D eigenvalue weighted by Crippen LogP contribution is -2.48. The maximum Gasteiger partial charge on any atom is 0.317 e. The fourth-order valence-corrected chi connectivity index (χ4v) is 9.16. The van der Waals surface area contributed by atoms with Gasteiger partial charge in [-0.25, -0.2) is 0 Å². The largest absolute Gasteiger partial charge is 0.393 e. The summed E-state index contributed by atoms with van der Waals surface area (Å²) in [6.07, 6.45) is 4.27. The third-order valence-corrected chi connectivity index (χ3v) is 9.85. The van der Waals surface area contributed by atoms with Crippen LogP contribution in [0.25, 0.3) is 0 Å². The molecular weight excluding hydrogens is 364 g/mol. The fraction of sp³-hybridized carbons (Fsp3) is 0.762. The number of ketones is 1. The predicted octanol–water partition coefficient (Wildman–Crippen LogP) is 1.03. The summed E-state index contributed by atoms with van der Waals surface area (Å²) in [6, 6.07) is 0. The highest BCUT2D eigenvalue weighted by molar-refractivity contribution is 6.02. The summed E-state index contributed by atoms with van der Waals surface area (Å²) in [5.74, 6) is -3.28. The summed E-state index contributed by atoms with van der Waals surface area (Å²) >= 11 is 0. The zero-order chi connectivity index (χ0) is 19.2. The molecule has 2 saturated heterocycles. The van der Waals surface area contributed by atoms with Gasteiger partial charge in [0, 0.05) is 10.8 Å². The monoisotopic (exact) mass is 384 g/mol. The number of carbonyl (C=O) groups excluding carboxylic acids is 5. The van der Waals surface area contributed by atoms with E-state index >= 15 is 0 Å². The molecule has 0 N–H and O–H groups in total. The van der Waals surface area contributed by atoms with E-state index in [-0.39, 0.29) is 41.3 Å². The van der Waals surface area contributed by atoms with Crippen molar-refractivity contribution < 1.29 is 33.4 Å². The summed E-state index contributed by atoms with van der Waals surface area (Å²) in [5.41, 5.74) is -1.11. The number of hydrogen-bond donors (Lipinski definition) is 0. The predicted molar refractivity (Wildman–Crippen MR) is 87.7 cm³/mol. The van der Waals surface area contributed by atoms with Crippen LogP contribution in [0.3, 0.4) is 0 Å². The van der Waals surface area contributed by atoms with Gasteiger partial charge in [0.25, 0.3) is 0 Å². The molecule has 7 fully saturated rings. The Labute approximate surface area is 160 Å². The molecule has 0 radical (unpaired) electrons. The molecule has 7 heteroatoms. The Balaban J connectivity index is 1.27.